The number of likely N-dealkylation sites (tertiary alicyclic amines) is 1. The Balaban J connectivity index is 1.59. The molecule has 2 saturated heterocycles. The van der Waals surface area contributed by atoms with Crippen LogP contribution in [0, 0.1) is 0 Å². The molecule has 2 aliphatic rings. The van der Waals surface area contributed by atoms with Gasteiger partial charge in [0.25, 0.3) is 0 Å². The van der Waals surface area contributed by atoms with E-state index in [0.29, 0.717) is 6.04 Å². The third kappa shape index (κ3) is 3.94. The predicted octanol–water partition coefficient (Wildman–Crippen LogP) is 1.05. The largest absolute Gasteiger partial charge is 0.396 e. The van der Waals surface area contributed by atoms with Gasteiger partial charge in [0.1, 0.15) is 0 Å². The molecular formula is C16H26N4O2. The molecular weight excluding hydrogens is 280 g/mol. The Labute approximate surface area is 132 Å². The summed E-state index contributed by atoms with van der Waals surface area (Å²) < 4.78 is 5.36. The third-order valence-electron chi connectivity index (χ3n) is 4.58. The minimum atomic E-state index is 0.271. The van der Waals surface area contributed by atoms with Crippen LogP contribution in [0.3, 0.4) is 0 Å². The van der Waals surface area contributed by atoms with Crippen molar-refractivity contribution in [2.45, 2.75) is 38.3 Å². The molecule has 0 saturated carbocycles. The maximum Gasteiger partial charge on any atom is 0.225 e. The number of piperidine rings is 1. The zero-order chi connectivity index (χ0) is 15.2. The number of morpholine rings is 1. The highest BCUT2D eigenvalue weighted by atomic mass is 16.5. The van der Waals surface area contributed by atoms with E-state index in [1.807, 2.05) is 12.4 Å². The van der Waals surface area contributed by atoms with Crippen LogP contribution in [0.2, 0.25) is 0 Å². The zero-order valence-electron chi connectivity index (χ0n) is 13.2. The van der Waals surface area contributed by atoms with Crippen molar-refractivity contribution >= 4 is 5.95 Å². The standard InChI is InChI=1S/C16H26N4O2/c21-8-4-15-3-1-2-5-20(15)13-14-11-17-16(18-12-14)19-6-9-22-10-7-19/h11-12,15,21H,1-10,13H2. The van der Waals surface area contributed by atoms with Gasteiger partial charge >= 0.3 is 0 Å². The number of hydrogen-bond acceptors (Lipinski definition) is 6. The van der Waals surface area contributed by atoms with Gasteiger partial charge < -0.3 is 14.7 Å². The number of aliphatic hydroxyl groups is 1. The van der Waals surface area contributed by atoms with Crippen LogP contribution < -0.4 is 4.90 Å². The molecule has 0 bridgehead atoms. The van der Waals surface area contributed by atoms with Gasteiger partial charge in [-0.25, -0.2) is 9.97 Å². The first-order valence-electron chi connectivity index (χ1n) is 8.35. The van der Waals surface area contributed by atoms with E-state index >= 15 is 0 Å². The van der Waals surface area contributed by atoms with Crippen LogP contribution in [-0.2, 0) is 11.3 Å². The molecule has 0 amide bonds. The van der Waals surface area contributed by atoms with Crippen LogP contribution in [0.4, 0.5) is 5.95 Å². The number of aliphatic hydroxyl groups excluding tert-OH is 1. The van der Waals surface area contributed by atoms with Crippen molar-refractivity contribution in [1.82, 2.24) is 14.9 Å². The summed E-state index contributed by atoms with van der Waals surface area (Å²) in [5, 5.41) is 9.22. The number of hydrogen-bond donors (Lipinski definition) is 1. The molecule has 1 aromatic rings. The Hall–Kier alpha value is -1.24. The van der Waals surface area contributed by atoms with Crippen molar-refractivity contribution in [2.75, 3.05) is 44.4 Å². The second-order valence-electron chi connectivity index (χ2n) is 6.12. The summed E-state index contributed by atoms with van der Waals surface area (Å²) in [5.41, 5.74) is 1.15. The van der Waals surface area contributed by atoms with Gasteiger partial charge in [0.05, 0.1) is 13.2 Å². The fourth-order valence-electron chi connectivity index (χ4n) is 3.33. The molecule has 3 rings (SSSR count). The minimum absolute atomic E-state index is 0.271. The van der Waals surface area contributed by atoms with Crippen molar-refractivity contribution < 1.29 is 9.84 Å². The van der Waals surface area contributed by atoms with Gasteiger partial charge in [0, 0.05) is 50.2 Å². The van der Waals surface area contributed by atoms with Crippen LogP contribution in [0.25, 0.3) is 0 Å². The van der Waals surface area contributed by atoms with Crippen LogP contribution >= 0.6 is 0 Å². The summed E-state index contributed by atoms with van der Waals surface area (Å²) in [7, 11) is 0. The number of aromatic nitrogens is 2. The number of rotatable bonds is 5. The van der Waals surface area contributed by atoms with Crippen molar-refractivity contribution in [1.29, 1.82) is 0 Å². The number of anilines is 1. The summed E-state index contributed by atoms with van der Waals surface area (Å²) >= 11 is 0. The molecule has 1 atom stereocenters. The molecule has 2 aliphatic heterocycles. The lowest BCUT2D eigenvalue weighted by molar-refractivity contribution is 0.112. The Kier molecular flexibility index (Phi) is 5.58. The number of ether oxygens (including phenoxy) is 1. The summed E-state index contributed by atoms with van der Waals surface area (Å²) in [6.45, 7) is 5.50. The van der Waals surface area contributed by atoms with Gasteiger partial charge in [-0.1, -0.05) is 6.42 Å². The fourth-order valence-corrected chi connectivity index (χ4v) is 3.33. The van der Waals surface area contributed by atoms with Crippen molar-refractivity contribution in [3.8, 4) is 0 Å². The second-order valence-corrected chi connectivity index (χ2v) is 6.12. The normalized spacial score (nSPS) is 23.7. The molecule has 6 heteroatoms. The smallest absolute Gasteiger partial charge is 0.225 e. The maximum absolute atomic E-state index is 9.22. The molecule has 0 aliphatic carbocycles. The average molecular weight is 306 g/mol. The van der Waals surface area contributed by atoms with Gasteiger partial charge in [-0.2, -0.15) is 0 Å². The molecule has 0 radical (unpaired) electrons. The number of nitrogens with zero attached hydrogens (tertiary/aromatic N) is 4. The van der Waals surface area contributed by atoms with Crippen molar-refractivity contribution in [3.63, 3.8) is 0 Å². The fraction of sp³-hybridized carbons (Fsp3) is 0.750. The molecule has 3 heterocycles. The van der Waals surface area contributed by atoms with Crippen LogP contribution in [-0.4, -0.2) is 65.5 Å². The molecule has 0 spiro atoms. The van der Waals surface area contributed by atoms with Crippen LogP contribution in [0.5, 0.6) is 0 Å². The Morgan fingerprint density at radius 2 is 1.91 bits per heavy atom. The summed E-state index contributed by atoms with van der Waals surface area (Å²) in [6.07, 6.45) is 8.47. The Bertz CT molecular complexity index is 446. The molecule has 1 unspecified atom stereocenters. The molecule has 22 heavy (non-hydrogen) atoms. The molecule has 0 aromatic carbocycles. The minimum Gasteiger partial charge on any atom is -0.396 e. The Morgan fingerprint density at radius 3 is 2.64 bits per heavy atom. The highest BCUT2D eigenvalue weighted by Gasteiger charge is 2.22. The summed E-state index contributed by atoms with van der Waals surface area (Å²) in [4.78, 5) is 13.7. The molecule has 1 N–H and O–H groups in total. The first-order valence-corrected chi connectivity index (χ1v) is 8.35. The van der Waals surface area contributed by atoms with Crippen LogP contribution in [0.1, 0.15) is 31.2 Å². The molecule has 6 nitrogen and oxygen atoms in total. The van der Waals surface area contributed by atoms with E-state index in [9.17, 15) is 5.11 Å². The first-order chi connectivity index (χ1) is 10.9. The molecule has 2 fully saturated rings. The Morgan fingerprint density at radius 1 is 1.14 bits per heavy atom. The van der Waals surface area contributed by atoms with Crippen molar-refractivity contribution in [3.05, 3.63) is 18.0 Å². The SMILES string of the molecule is OCCC1CCCCN1Cc1cnc(N2CCOCC2)nc1. The highest BCUT2D eigenvalue weighted by Crippen LogP contribution is 2.21. The second kappa shape index (κ2) is 7.85. The average Bonchev–Trinajstić information content (AvgIpc) is 2.58. The van der Waals surface area contributed by atoms with E-state index in [0.717, 1.165) is 57.3 Å². The molecule has 1 aromatic heterocycles. The monoisotopic (exact) mass is 306 g/mol. The lowest BCUT2D eigenvalue weighted by Crippen LogP contribution is -2.39. The van der Waals surface area contributed by atoms with E-state index in [-0.39, 0.29) is 6.61 Å². The summed E-state index contributed by atoms with van der Waals surface area (Å²) in [5.74, 6) is 0.803. The highest BCUT2D eigenvalue weighted by molar-refractivity contribution is 5.30. The maximum atomic E-state index is 9.22. The first kappa shape index (κ1) is 15.6. The van der Waals surface area contributed by atoms with Crippen molar-refractivity contribution in [2.24, 2.45) is 0 Å². The van der Waals surface area contributed by atoms with Crippen LogP contribution in [0.15, 0.2) is 12.4 Å². The van der Waals surface area contributed by atoms with Gasteiger partial charge in [-0.3, -0.25) is 4.90 Å². The zero-order valence-corrected chi connectivity index (χ0v) is 13.2. The van der Waals surface area contributed by atoms with E-state index in [2.05, 4.69) is 19.8 Å². The van der Waals surface area contributed by atoms with Gasteiger partial charge in [-0.15, -0.1) is 0 Å². The topological polar surface area (TPSA) is 61.7 Å². The quantitative estimate of drug-likeness (QED) is 0.877. The summed E-state index contributed by atoms with van der Waals surface area (Å²) in [6, 6.07) is 0.498. The van der Waals surface area contributed by atoms with Gasteiger partial charge in [0.15, 0.2) is 0 Å². The lowest BCUT2D eigenvalue weighted by Gasteiger charge is -2.35. The van der Waals surface area contributed by atoms with Gasteiger partial charge in [0.2, 0.25) is 5.95 Å². The van der Waals surface area contributed by atoms with E-state index in [1.165, 1.54) is 19.3 Å². The third-order valence-corrected chi connectivity index (χ3v) is 4.58. The van der Waals surface area contributed by atoms with Gasteiger partial charge in [-0.05, 0) is 25.8 Å². The van der Waals surface area contributed by atoms with E-state index < -0.39 is 0 Å². The predicted molar refractivity (Wildman–Crippen MR) is 84.8 cm³/mol. The molecule has 122 valence electrons. The van der Waals surface area contributed by atoms with E-state index in [4.69, 9.17) is 4.74 Å². The lowest BCUT2D eigenvalue weighted by atomic mass is 9.99. The van der Waals surface area contributed by atoms with E-state index in [1.54, 1.807) is 0 Å².